The molecule has 2 aliphatic rings. The van der Waals surface area contributed by atoms with E-state index in [4.69, 9.17) is 4.74 Å². The third-order valence-corrected chi connectivity index (χ3v) is 5.71. The van der Waals surface area contributed by atoms with Gasteiger partial charge in [0.25, 0.3) is 5.56 Å². The largest absolute Gasteiger partial charge is 0.494 e. The molecule has 2 aromatic carbocycles. The molecule has 3 aromatic rings. The highest BCUT2D eigenvalue weighted by atomic mass is 16.5. The van der Waals surface area contributed by atoms with Gasteiger partial charge in [-0.3, -0.25) is 29.6 Å². The lowest BCUT2D eigenvalue weighted by molar-refractivity contribution is -0.122. The van der Waals surface area contributed by atoms with Crippen LogP contribution in [-0.2, 0) is 22.6 Å². The smallest absolute Gasteiger partial charge is 0.263 e. The number of amides is 2. The van der Waals surface area contributed by atoms with E-state index < -0.39 is 0 Å². The molecule has 32 heavy (non-hydrogen) atoms. The quantitative estimate of drug-likeness (QED) is 0.507. The number of ether oxygens (including phenoxy) is 1. The fourth-order valence-corrected chi connectivity index (χ4v) is 4.13. The number of aromatic nitrogens is 2. The zero-order valence-corrected chi connectivity index (χ0v) is 17.4. The van der Waals surface area contributed by atoms with Crippen molar-refractivity contribution >= 4 is 28.7 Å². The van der Waals surface area contributed by atoms with E-state index in [1.54, 1.807) is 18.2 Å². The van der Waals surface area contributed by atoms with Gasteiger partial charge in [0.05, 0.1) is 17.5 Å². The minimum Gasteiger partial charge on any atom is -0.494 e. The lowest BCUT2D eigenvalue weighted by Crippen LogP contribution is -2.42. The van der Waals surface area contributed by atoms with Gasteiger partial charge in [0.2, 0.25) is 17.8 Å². The summed E-state index contributed by atoms with van der Waals surface area (Å²) in [6.45, 7) is 1.14. The Morgan fingerprint density at radius 3 is 3.00 bits per heavy atom. The van der Waals surface area contributed by atoms with Crippen molar-refractivity contribution in [1.82, 2.24) is 20.2 Å². The van der Waals surface area contributed by atoms with Crippen LogP contribution in [0.5, 0.6) is 5.75 Å². The molecule has 164 valence electrons. The van der Waals surface area contributed by atoms with Crippen LogP contribution >= 0.6 is 0 Å². The summed E-state index contributed by atoms with van der Waals surface area (Å²) in [6, 6.07) is 13.2. The number of carbonyl (C=O) groups excluding carboxylic acids is 2. The Labute approximate surface area is 183 Å². The number of rotatable bonds is 6. The van der Waals surface area contributed by atoms with Gasteiger partial charge >= 0.3 is 0 Å². The van der Waals surface area contributed by atoms with Crippen molar-refractivity contribution in [2.75, 3.05) is 18.5 Å². The third kappa shape index (κ3) is 3.94. The minimum absolute atomic E-state index is 0.0301. The number of nitrogens with one attached hydrogen (secondary N) is 3. The van der Waals surface area contributed by atoms with Crippen LogP contribution in [0.4, 0.5) is 5.95 Å². The van der Waals surface area contributed by atoms with Crippen molar-refractivity contribution in [2.45, 2.75) is 32.0 Å². The van der Waals surface area contributed by atoms with Gasteiger partial charge in [0.1, 0.15) is 18.5 Å². The SMILES string of the molecule is O=C1Cn2c(nc3ccc(OCCCC(=O)NC4NCCc5ccccc54)cc3c2=O)N1. The second-order valence-electron chi connectivity index (χ2n) is 7.91. The van der Waals surface area contributed by atoms with E-state index in [2.05, 4.69) is 27.0 Å². The van der Waals surface area contributed by atoms with Gasteiger partial charge in [-0.05, 0) is 42.2 Å². The first kappa shape index (κ1) is 20.2. The van der Waals surface area contributed by atoms with Gasteiger partial charge in [-0.25, -0.2) is 4.98 Å². The normalized spacial score (nSPS) is 16.9. The van der Waals surface area contributed by atoms with Crippen molar-refractivity contribution in [2.24, 2.45) is 0 Å². The van der Waals surface area contributed by atoms with Crippen LogP contribution in [-0.4, -0.2) is 34.5 Å². The van der Waals surface area contributed by atoms with Crippen LogP contribution in [0.2, 0.25) is 0 Å². The summed E-state index contributed by atoms with van der Waals surface area (Å²) in [7, 11) is 0. The highest BCUT2D eigenvalue weighted by Gasteiger charge is 2.22. The minimum atomic E-state index is -0.284. The first-order chi connectivity index (χ1) is 15.6. The molecule has 0 fully saturated rings. The lowest BCUT2D eigenvalue weighted by atomic mass is 9.98. The molecular formula is C23H23N5O4. The van der Waals surface area contributed by atoms with Crippen LogP contribution in [0.25, 0.3) is 10.9 Å². The fourth-order valence-electron chi connectivity index (χ4n) is 4.13. The number of benzene rings is 2. The summed E-state index contributed by atoms with van der Waals surface area (Å²) in [5, 5.41) is 9.34. The Morgan fingerprint density at radius 2 is 2.09 bits per heavy atom. The summed E-state index contributed by atoms with van der Waals surface area (Å²) in [5.74, 6) is 0.489. The predicted octanol–water partition coefficient (Wildman–Crippen LogP) is 1.47. The molecule has 5 rings (SSSR count). The van der Waals surface area contributed by atoms with Gasteiger partial charge in [0.15, 0.2) is 0 Å². The Kier molecular flexibility index (Phi) is 5.32. The number of anilines is 1. The molecule has 9 heteroatoms. The molecule has 3 heterocycles. The summed E-state index contributed by atoms with van der Waals surface area (Å²) in [5.41, 5.74) is 2.58. The Morgan fingerprint density at radius 1 is 1.22 bits per heavy atom. The molecule has 1 aromatic heterocycles. The van der Waals surface area contributed by atoms with E-state index in [1.807, 2.05) is 18.2 Å². The number of fused-ring (bicyclic) bond motifs is 3. The summed E-state index contributed by atoms with van der Waals surface area (Å²) < 4.78 is 7.07. The van der Waals surface area contributed by atoms with Gasteiger partial charge in [-0.1, -0.05) is 24.3 Å². The Balaban J connectivity index is 1.16. The summed E-state index contributed by atoms with van der Waals surface area (Å²) >= 11 is 0. The van der Waals surface area contributed by atoms with Crippen LogP contribution in [0.15, 0.2) is 47.3 Å². The van der Waals surface area contributed by atoms with Crippen LogP contribution in [0, 0.1) is 0 Å². The molecule has 0 bridgehead atoms. The number of hydrogen-bond acceptors (Lipinski definition) is 6. The topological polar surface area (TPSA) is 114 Å². The van der Waals surface area contributed by atoms with Crippen molar-refractivity contribution in [3.63, 3.8) is 0 Å². The molecule has 9 nitrogen and oxygen atoms in total. The van der Waals surface area contributed by atoms with Gasteiger partial charge in [0, 0.05) is 13.0 Å². The van der Waals surface area contributed by atoms with Crippen LogP contribution in [0.3, 0.4) is 0 Å². The van der Waals surface area contributed by atoms with E-state index in [9.17, 15) is 14.4 Å². The summed E-state index contributed by atoms with van der Waals surface area (Å²) in [6.07, 6.45) is 1.66. The molecule has 0 aliphatic carbocycles. The average molecular weight is 433 g/mol. The molecule has 0 radical (unpaired) electrons. The first-order valence-corrected chi connectivity index (χ1v) is 10.7. The fraction of sp³-hybridized carbons (Fsp3) is 0.304. The monoisotopic (exact) mass is 433 g/mol. The van der Waals surface area contributed by atoms with Crippen molar-refractivity contribution in [1.29, 1.82) is 0 Å². The van der Waals surface area contributed by atoms with Crippen molar-refractivity contribution in [3.05, 3.63) is 63.9 Å². The Bertz CT molecular complexity index is 1270. The summed E-state index contributed by atoms with van der Waals surface area (Å²) in [4.78, 5) is 40.9. The van der Waals surface area contributed by atoms with Gasteiger partial charge in [-0.2, -0.15) is 0 Å². The standard InChI is InChI=1S/C23H23N5O4/c29-19(26-21-16-5-2-1-4-14(16)9-10-24-21)6-3-11-32-15-7-8-18-17(12-15)22(31)28-13-20(30)27-23(28)25-18/h1-2,4-5,7-8,12,21,24H,3,6,9-11,13H2,(H,26,29)(H,25,27,30). The molecule has 1 unspecified atom stereocenters. The highest BCUT2D eigenvalue weighted by Crippen LogP contribution is 2.22. The molecule has 2 aliphatic heterocycles. The van der Waals surface area contributed by atoms with Gasteiger partial charge < -0.3 is 10.1 Å². The average Bonchev–Trinajstić information content (AvgIpc) is 3.18. The zero-order chi connectivity index (χ0) is 22.1. The third-order valence-electron chi connectivity index (χ3n) is 5.71. The number of hydrogen-bond donors (Lipinski definition) is 3. The van der Waals surface area contributed by atoms with E-state index >= 15 is 0 Å². The zero-order valence-electron chi connectivity index (χ0n) is 17.4. The van der Waals surface area contributed by atoms with E-state index in [-0.39, 0.29) is 36.0 Å². The molecule has 3 N–H and O–H groups in total. The highest BCUT2D eigenvalue weighted by molar-refractivity contribution is 5.94. The maximum Gasteiger partial charge on any atom is 0.263 e. The second kappa shape index (κ2) is 8.43. The molecule has 1 atom stereocenters. The lowest BCUT2D eigenvalue weighted by Gasteiger charge is -2.27. The van der Waals surface area contributed by atoms with Crippen molar-refractivity contribution in [3.8, 4) is 5.75 Å². The van der Waals surface area contributed by atoms with E-state index in [0.29, 0.717) is 36.1 Å². The number of nitrogens with zero attached hydrogens (tertiary/aromatic N) is 2. The van der Waals surface area contributed by atoms with Gasteiger partial charge in [-0.15, -0.1) is 0 Å². The van der Waals surface area contributed by atoms with Crippen molar-refractivity contribution < 1.29 is 14.3 Å². The molecule has 2 amide bonds. The predicted molar refractivity (Wildman–Crippen MR) is 118 cm³/mol. The first-order valence-electron chi connectivity index (χ1n) is 10.7. The second-order valence-corrected chi connectivity index (χ2v) is 7.91. The number of carbonyl (C=O) groups is 2. The molecule has 0 saturated carbocycles. The maximum atomic E-state index is 12.6. The maximum absolute atomic E-state index is 12.6. The van der Waals surface area contributed by atoms with Crippen LogP contribution < -0.4 is 26.2 Å². The van der Waals surface area contributed by atoms with Crippen LogP contribution in [0.1, 0.15) is 30.1 Å². The van der Waals surface area contributed by atoms with E-state index in [0.717, 1.165) is 18.5 Å². The Hall–Kier alpha value is -3.72. The van der Waals surface area contributed by atoms with E-state index in [1.165, 1.54) is 10.1 Å². The molecule has 0 saturated heterocycles. The molecule has 0 spiro atoms. The molecular weight excluding hydrogens is 410 g/mol.